The van der Waals surface area contributed by atoms with Gasteiger partial charge in [-0.3, -0.25) is 9.69 Å². The highest BCUT2D eigenvalue weighted by molar-refractivity contribution is 5.81. The van der Waals surface area contributed by atoms with Crippen molar-refractivity contribution >= 4 is 5.91 Å². The van der Waals surface area contributed by atoms with Crippen molar-refractivity contribution in [2.24, 2.45) is 5.92 Å². The van der Waals surface area contributed by atoms with Gasteiger partial charge in [-0.2, -0.15) is 0 Å². The van der Waals surface area contributed by atoms with E-state index < -0.39 is 0 Å². The van der Waals surface area contributed by atoms with Crippen LogP contribution in [0.2, 0.25) is 0 Å². The largest absolute Gasteiger partial charge is 0.391 e. The Morgan fingerprint density at radius 2 is 1.85 bits per heavy atom. The highest BCUT2D eigenvalue weighted by Gasteiger charge is 2.31. The third-order valence-corrected chi connectivity index (χ3v) is 4.94. The Balaban J connectivity index is 1.80. The molecule has 4 nitrogen and oxygen atoms in total. The smallest absolute Gasteiger partial charge is 0.237 e. The molecule has 0 aromatic heterocycles. The Kier molecular flexibility index (Phi) is 5.85. The number of likely N-dealkylation sites (tertiary alicyclic amines) is 1. The van der Waals surface area contributed by atoms with Crippen LogP contribution in [0.4, 0.5) is 0 Å². The molecule has 1 aliphatic heterocycles. The summed E-state index contributed by atoms with van der Waals surface area (Å²) >= 11 is 0. The Hall–Kier alpha value is -0.610. The number of aliphatic hydroxyl groups is 1. The van der Waals surface area contributed by atoms with Gasteiger partial charge in [0.2, 0.25) is 5.91 Å². The van der Waals surface area contributed by atoms with Crippen LogP contribution in [0.1, 0.15) is 58.8 Å². The molecule has 0 unspecified atom stereocenters. The molecule has 2 fully saturated rings. The molecule has 2 aliphatic rings. The third-order valence-electron chi connectivity index (χ3n) is 4.94. The second-order valence-corrected chi connectivity index (χ2v) is 6.70. The van der Waals surface area contributed by atoms with E-state index in [-0.39, 0.29) is 18.1 Å². The van der Waals surface area contributed by atoms with Crippen LogP contribution in [0.3, 0.4) is 0 Å². The van der Waals surface area contributed by atoms with Crippen molar-refractivity contribution < 1.29 is 9.90 Å². The topological polar surface area (TPSA) is 52.6 Å². The summed E-state index contributed by atoms with van der Waals surface area (Å²) in [5, 5.41) is 13.1. The van der Waals surface area contributed by atoms with Crippen molar-refractivity contribution in [3.63, 3.8) is 0 Å². The SMILES string of the molecule is CC(C)N1CCCC[C@H]1C(=O)NC[C@@H](O)C1CCCC1. The predicted octanol–water partition coefficient (Wildman–Crippen LogP) is 1.92. The monoisotopic (exact) mass is 282 g/mol. The lowest BCUT2D eigenvalue weighted by Crippen LogP contribution is -2.53. The van der Waals surface area contributed by atoms with Crippen LogP contribution in [-0.4, -0.2) is 47.2 Å². The van der Waals surface area contributed by atoms with Crippen LogP contribution in [0.25, 0.3) is 0 Å². The van der Waals surface area contributed by atoms with E-state index in [9.17, 15) is 9.90 Å². The van der Waals surface area contributed by atoms with E-state index >= 15 is 0 Å². The van der Waals surface area contributed by atoms with Gasteiger partial charge in [-0.15, -0.1) is 0 Å². The number of piperidine rings is 1. The second kappa shape index (κ2) is 7.41. The molecule has 1 heterocycles. The molecule has 20 heavy (non-hydrogen) atoms. The number of nitrogens with zero attached hydrogens (tertiary/aromatic N) is 1. The lowest BCUT2D eigenvalue weighted by atomic mass is 9.98. The van der Waals surface area contributed by atoms with E-state index in [1.807, 2.05) is 0 Å². The molecule has 1 saturated heterocycles. The van der Waals surface area contributed by atoms with E-state index in [0.717, 1.165) is 32.2 Å². The van der Waals surface area contributed by atoms with E-state index in [0.29, 0.717) is 18.5 Å². The first-order valence-corrected chi connectivity index (χ1v) is 8.31. The van der Waals surface area contributed by atoms with Crippen molar-refractivity contribution in [3.05, 3.63) is 0 Å². The molecule has 2 rings (SSSR count). The van der Waals surface area contributed by atoms with E-state index in [1.54, 1.807) is 0 Å². The molecule has 2 N–H and O–H groups in total. The van der Waals surface area contributed by atoms with Gasteiger partial charge in [0.25, 0.3) is 0 Å². The predicted molar refractivity (Wildman–Crippen MR) is 80.5 cm³/mol. The van der Waals surface area contributed by atoms with Crippen molar-refractivity contribution in [2.75, 3.05) is 13.1 Å². The quantitative estimate of drug-likeness (QED) is 0.810. The molecular formula is C16H30N2O2. The fourth-order valence-electron chi connectivity index (χ4n) is 3.69. The Labute approximate surface area is 122 Å². The number of amides is 1. The maximum Gasteiger partial charge on any atom is 0.237 e. The van der Waals surface area contributed by atoms with Crippen molar-refractivity contribution in [1.29, 1.82) is 0 Å². The summed E-state index contributed by atoms with van der Waals surface area (Å²) in [4.78, 5) is 14.7. The molecule has 0 aromatic carbocycles. The molecule has 1 amide bonds. The van der Waals surface area contributed by atoms with Gasteiger partial charge in [-0.25, -0.2) is 0 Å². The lowest BCUT2D eigenvalue weighted by Gasteiger charge is -2.37. The highest BCUT2D eigenvalue weighted by atomic mass is 16.3. The number of hydrogen-bond acceptors (Lipinski definition) is 3. The third kappa shape index (κ3) is 3.95. The summed E-state index contributed by atoms with van der Waals surface area (Å²) in [6.45, 7) is 5.74. The fraction of sp³-hybridized carbons (Fsp3) is 0.938. The van der Waals surface area contributed by atoms with E-state index in [1.165, 1.54) is 19.3 Å². The van der Waals surface area contributed by atoms with Gasteiger partial charge in [0, 0.05) is 12.6 Å². The zero-order valence-electron chi connectivity index (χ0n) is 13.0. The van der Waals surface area contributed by atoms with Crippen molar-refractivity contribution in [3.8, 4) is 0 Å². The van der Waals surface area contributed by atoms with Crippen LogP contribution >= 0.6 is 0 Å². The summed E-state index contributed by atoms with van der Waals surface area (Å²) in [5.74, 6) is 0.498. The van der Waals surface area contributed by atoms with Gasteiger partial charge in [0.05, 0.1) is 12.1 Å². The highest BCUT2D eigenvalue weighted by Crippen LogP contribution is 2.27. The molecule has 0 bridgehead atoms. The van der Waals surface area contributed by atoms with Crippen LogP contribution in [0, 0.1) is 5.92 Å². The molecule has 0 spiro atoms. The number of nitrogens with one attached hydrogen (secondary N) is 1. The van der Waals surface area contributed by atoms with E-state index in [2.05, 4.69) is 24.1 Å². The van der Waals surface area contributed by atoms with Crippen LogP contribution in [0.15, 0.2) is 0 Å². The average molecular weight is 282 g/mol. The average Bonchev–Trinajstić information content (AvgIpc) is 2.98. The maximum atomic E-state index is 12.4. The Bertz CT molecular complexity index is 314. The maximum absolute atomic E-state index is 12.4. The summed E-state index contributed by atoms with van der Waals surface area (Å²) in [7, 11) is 0. The summed E-state index contributed by atoms with van der Waals surface area (Å²) in [6.07, 6.45) is 7.57. The zero-order valence-corrected chi connectivity index (χ0v) is 13.0. The first-order chi connectivity index (χ1) is 9.59. The van der Waals surface area contributed by atoms with Gasteiger partial charge in [0.15, 0.2) is 0 Å². The standard InChI is InChI=1S/C16H30N2O2/c1-12(2)18-10-6-5-9-14(18)16(20)17-11-15(19)13-7-3-4-8-13/h12-15,19H,3-11H2,1-2H3,(H,17,20)/t14-,15+/m0/s1. The molecule has 2 atom stereocenters. The minimum absolute atomic E-state index is 0.000437. The molecular weight excluding hydrogens is 252 g/mol. The van der Waals surface area contributed by atoms with Crippen LogP contribution in [-0.2, 0) is 4.79 Å². The fourth-order valence-corrected chi connectivity index (χ4v) is 3.69. The Morgan fingerprint density at radius 1 is 1.20 bits per heavy atom. The molecule has 1 saturated carbocycles. The van der Waals surface area contributed by atoms with Gasteiger partial charge in [0.1, 0.15) is 0 Å². The normalized spacial score (nSPS) is 26.9. The summed E-state index contributed by atoms with van der Waals surface area (Å²) in [5.41, 5.74) is 0. The van der Waals surface area contributed by atoms with Gasteiger partial charge >= 0.3 is 0 Å². The number of carbonyl (C=O) groups excluding carboxylic acids is 1. The molecule has 1 aliphatic carbocycles. The Morgan fingerprint density at radius 3 is 2.50 bits per heavy atom. The minimum atomic E-state index is -0.363. The zero-order chi connectivity index (χ0) is 14.5. The van der Waals surface area contributed by atoms with Gasteiger partial charge in [-0.05, 0) is 52.0 Å². The molecule has 116 valence electrons. The first kappa shape index (κ1) is 15.8. The second-order valence-electron chi connectivity index (χ2n) is 6.70. The lowest BCUT2D eigenvalue weighted by molar-refractivity contribution is -0.129. The summed E-state index contributed by atoms with van der Waals surface area (Å²) < 4.78 is 0. The summed E-state index contributed by atoms with van der Waals surface area (Å²) in [6, 6.07) is 0.408. The van der Waals surface area contributed by atoms with Gasteiger partial charge in [-0.1, -0.05) is 19.3 Å². The molecule has 4 heteroatoms. The number of carbonyl (C=O) groups is 1. The molecule has 0 aromatic rings. The van der Waals surface area contributed by atoms with Crippen LogP contribution in [0.5, 0.6) is 0 Å². The number of rotatable bonds is 5. The molecule has 0 radical (unpaired) electrons. The number of aliphatic hydroxyl groups excluding tert-OH is 1. The van der Waals surface area contributed by atoms with Gasteiger partial charge < -0.3 is 10.4 Å². The van der Waals surface area contributed by atoms with Crippen molar-refractivity contribution in [2.45, 2.75) is 77.0 Å². The number of hydrogen-bond donors (Lipinski definition) is 2. The van der Waals surface area contributed by atoms with E-state index in [4.69, 9.17) is 0 Å². The first-order valence-electron chi connectivity index (χ1n) is 8.31. The van der Waals surface area contributed by atoms with Crippen LogP contribution < -0.4 is 5.32 Å². The van der Waals surface area contributed by atoms with Crippen molar-refractivity contribution in [1.82, 2.24) is 10.2 Å². The minimum Gasteiger partial charge on any atom is -0.391 e.